The predicted octanol–water partition coefficient (Wildman–Crippen LogP) is 4.54. The van der Waals surface area contributed by atoms with E-state index in [1.54, 1.807) is 11.8 Å². The number of hydrogen-bond donors (Lipinski definition) is 0. The summed E-state index contributed by atoms with van der Waals surface area (Å²) in [5, 5.41) is 11.4. The van der Waals surface area contributed by atoms with Crippen LogP contribution in [0.1, 0.15) is 17.5 Å². The molecule has 0 aromatic heterocycles. The Kier molecular flexibility index (Phi) is 6.68. The lowest BCUT2D eigenvalue weighted by molar-refractivity contribution is -0.128. The van der Waals surface area contributed by atoms with E-state index in [1.807, 2.05) is 41.3 Å². The summed E-state index contributed by atoms with van der Waals surface area (Å²) in [4.78, 5) is 18.3. The van der Waals surface area contributed by atoms with E-state index in [-0.39, 0.29) is 5.91 Å². The normalized spacial score (nSPS) is 15.0. The minimum atomic E-state index is 0.216. The molecular formula is C25H25N3OS. The van der Waals surface area contributed by atoms with Gasteiger partial charge in [-0.1, -0.05) is 42.5 Å². The molecule has 0 atom stereocenters. The van der Waals surface area contributed by atoms with E-state index in [2.05, 4.69) is 41.3 Å². The van der Waals surface area contributed by atoms with Crippen molar-refractivity contribution in [1.29, 1.82) is 5.26 Å². The fraction of sp³-hybridized carbons (Fsp3) is 0.280. The SMILES string of the molecule is N#Cc1ccc(CN2CCCN(C(=O)CSc3ccc4ccccc4c3)CC2)cc1. The van der Waals surface area contributed by atoms with Gasteiger partial charge in [-0.3, -0.25) is 9.69 Å². The molecule has 0 aliphatic carbocycles. The van der Waals surface area contributed by atoms with Crippen LogP contribution in [-0.2, 0) is 11.3 Å². The molecular weight excluding hydrogens is 390 g/mol. The first-order valence-corrected chi connectivity index (χ1v) is 11.3. The number of amides is 1. The zero-order valence-electron chi connectivity index (χ0n) is 17.0. The highest BCUT2D eigenvalue weighted by atomic mass is 32.2. The summed E-state index contributed by atoms with van der Waals surface area (Å²) in [5.74, 6) is 0.696. The number of carbonyl (C=O) groups is 1. The molecule has 1 fully saturated rings. The number of fused-ring (bicyclic) bond motifs is 1. The van der Waals surface area contributed by atoms with Crippen LogP contribution < -0.4 is 0 Å². The molecule has 1 aliphatic heterocycles. The fourth-order valence-corrected chi connectivity index (χ4v) is 4.66. The highest BCUT2D eigenvalue weighted by Gasteiger charge is 2.19. The number of rotatable bonds is 5. The van der Waals surface area contributed by atoms with Crippen LogP contribution in [-0.4, -0.2) is 47.6 Å². The van der Waals surface area contributed by atoms with Gasteiger partial charge in [0.05, 0.1) is 17.4 Å². The highest BCUT2D eigenvalue weighted by Crippen LogP contribution is 2.24. The monoisotopic (exact) mass is 415 g/mol. The maximum Gasteiger partial charge on any atom is 0.232 e. The molecule has 1 amide bonds. The molecule has 0 saturated carbocycles. The molecule has 1 saturated heterocycles. The zero-order chi connectivity index (χ0) is 20.8. The summed E-state index contributed by atoms with van der Waals surface area (Å²) < 4.78 is 0. The lowest BCUT2D eigenvalue weighted by atomic mass is 10.1. The predicted molar refractivity (Wildman–Crippen MR) is 122 cm³/mol. The van der Waals surface area contributed by atoms with Crippen molar-refractivity contribution in [3.8, 4) is 6.07 Å². The Labute approximate surface area is 182 Å². The minimum absolute atomic E-state index is 0.216. The first-order chi connectivity index (χ1) is 14.7. The molecule has 0 radical (unpaired) electrons. The molecule has 3 aromatic carbocycles. The molecule has 4 rings (SSSR count). The standard InChI is InChI=1S/C25H25N3OS/c26-17-20-6-8-21(9-7-20)18-27-12-3-13-28(15-14-27)25(29)19-30-24-11-10-22-4-1-2-5-23(22)16-24/h1-2,4-11,16H,3,12-15,18-19H2. The zero-order valence-corrected chi connectivity index (χ0v) is 17.8. The molecule has 0 N–H and O–H groups in total. The van der Waals surface area contributed by atoms with Crippen molar-refractivity contribution in [2.24, 2.45) is 0 Å². The van der Waals surface area contributed by atoms with E-state index in [9.17, 15) is 4.79 Å². The molecule has 1 heterocycles. The molecule has 152 valence electrons. The number of nitriles is 1. The Hall–Kier alpha value is -2.81. The van der Waals surface area contributed by atoms with Gasteiger partial charge in [-0.05, 0) is 47.0 Å². The number of carbonyl (C=O) groups excluding carboxylic acids is 1. The van der Waals surface area contributed by atoms with Gasteiger partial charge in [-0.15, -0.1) is 11.8 Å². The van der Waals surface area contributed by atoms with Gasteiger partial charge in [0, 0.05) is 37.6 Å². The summed E-state index contributed by atoms with van der Waals surface area (Å²) in [6.07, 6.45) is 0.989. The number of benzene rings is 3. The van der Waals surface area contributed by atoms with Crippen LogP contribution in [0.4, 0.5) is 0 Å². The topological polar surface area (TPSA) is 47.3 Å². The lowest BCUT2D eigenvalue weighted by Gasteiger charge is -2.22. The summed E-state index contributed by atoms with van der Waals surface area (Å²) >= 11 is 1.62. The first-order valence-electron chi connectivity index (χ1n) is 10.3. The van der Waals surface area contributed by atoms with E-state index < -0.39 is 0 Å². The van der Waals surface area contributed by atoms with Crippen LogP contribution >= 0.6 is 11.8 Å². The Balaban J connectivity index is 1.28. The summed E-state index contributed by atoms with van der Waals surface area (Å²) in [6, 6.07) is 24.6. The highest BCUT2D eigenvalue weighted by molar-refractivity contribution is 8.00. The lowest BCUT2D eigenvalue weighted by Crippen LogP contribution is -2.36. The van der Waals surface area contributed by atoms with Gasteiger partial charge in [0.25, 0.3) is 0 Å². The van der Waals surface area contributed by atoms with Crippen molar-refractivity contribution >= 4 is 28.4 Å². The van der Waals surface area contributed by atoms with Crippen molar-refractivity contribution in [3.05, 3.63) is 77.9 Å². The molecule has 30 heavy (non-hydrogen) atoms. The number of nitrogens with zero attached hydrogens (tertiary/aromatic N) is 3. The Bertz CT molecular complexity index is 1060. The van der Waals surface area contributed by atoms with Crippen molar-refractivity contribution in [2.45, 2.75) is 17.9 Å². The maximum absolute atomic E-state index is 12.8. The summed E-state index contributed by atoms with van der Waals surface area (Å²) in [6.45, 7) is 4.32. The quantitative estimate of drug-likeness (QED) is 0.574. The second kappa shape index (κ2) is 9.80. The van der Waals surface area contributed by atoms with Crippen LogP contribution in [0.5, 0.6) is 0 Å². The number of hydrogen-bond acceptors (Lipinski definition) is 4. The second-order valence-corrected chi connectivity index (χ2v) is 8.67. The Morgan fingerprint density at radius 3 is 2.53 bits per heavy atom. The third-order valence-corrected chi connectivity index (χ3v) is 6.49. The van der Waals surface area contributed by atoms with E-state index in [4.69, 9.17) is 5.26 Å². The van der Waals surface area contributed by atoms with Gasteiger partial charge in [-0.25, -0.2) is 0 Å². The van der Waals surface area contributed by atoms with Crippen molar-refractivity contribution in [3.63, 3.8) is 0 Å². The summed E-state index contributed by atoms with van der Waals surface area (Å²) in [5.41, 5.74) is 1.90. The number of thioether (sulfide) groups is 1. The second-order valence-electron chi connectivity index (χ2n) is 7.62. The molecule has 5 heteroatoms. The van der Waals surface area contributed by atoms with Crippen molar-refractivity contribution < 1.29 is 4.79 Å². The maximum atomic E-state index is 12.8. The third-order valence-electron chi connectivity index (χ3n) is 5.51. The molecule has 0 spiro atoms. The van der Waals surface area contributed by atoms with Crippen LogP contribution in [0.3, 0.4) is 0 Å². The van der Waals surface area contributed by atoms with E-state index in [1.165, 1.54) is 16.3 Å². The smallest absolute Gasteiger partial charge is 0.232 e. The van der Waals surface area contributed by atoms with Crippen LogP contribution in [0, 0.1) is 11.3 Å². The van der Waals surface area contributed by atoms with Crippen LogP contribution in [0.15, 0.2) is 71.6 Å². The molecule has 0 unspecified atom stereocenters. The van der Waals surface area contributed by atoms with Crippen molar-refractivity contribution in [2.75, 3.05) is 31.9 Å². The molecule has 4 nitrogen and oxygen atoms in total. The van der Waals surface area contributed by atoms with Gasteiger partial charge in [0.15, 0.2) is 0 Å². The molecule has 3 aromatic rings. The average molecular weight is 416 g/mol. The van der Waals surface area contributed by atoms with Gasteiger partial charge < -0.3 is 4.90 Å². The fourth-order valence-electron chi connectivity index (χ4n) is 3.81. The Morgan fingerprint density at radius 1 is 0.933 bits per heavy atom. The van der Waals surface area contributed by atoms with Crippen LogP contribution in [0.2, 0.25) is 0 Å². The van der Waals surface area contributed by atoms with Gasteiger partial charge >= 0.3 is 0 Å². The Morgan fingerprint density at radius 2 is 1.73 bits per heavy atom. The largest absolute Gasteiger partial charge is 0.341 e. The average Bonchev–Trinajstić information content (AvgIpc) is 3.03. The van der Waals surface area contributed by atoms with Gasteiger partial charge in [0.1, 0.15) is 0 Å². The summed E-state index contributed by atoms with van der Waals surface area (Å²) in [7, 11) is 0. The molecule has 1 aliphatic rings. The molecule has 0 bridgehead atoms. The van der Waals surface area contributed by atoms with Gasteiger partial charge in [0.2, 0.25) is 5.91 Å². The van der Waals surface area contributed by atoms with Crippen LogP contribution in [0.25, 0.3) is 10.8 Å². The minimum Gasteiger partial charge on any atom is -0.341 e. The van der Waals surface area contributed by atoms with E-state index in [0.29, 0.717) is 11.3 Å². The van der Waals surface area contributed by atoms with E-state index in [0.717, 1.165) is 44.0 Å². The van der Waals surface area contributed by atoms with Crippen molar-refractivity contribution in [1.82, 2.24) is 9.80 Å². The third kappa shape index (κ3) is 5.21. The van der Waals surface area contributed by atoms with Gasteiger partial charge in [-0.2, -0.15) is 5.26 Å². The van der Waals surface area contributed by atoms with E-state index >= 15 is 0 Å². The first kappa shape index (κ1) is 20.5.